The van der Waals surface area contributed by atoms with Gasteiger partial charge in [0.1, 0.15) is 19.3 Å². The maximum Gasteiger partial charge on any atom is 0.472 e. The molecule has 0 spiro atoms. The molecule has 0 rings (SSSR count). The van der Waals surface area contributed by atoms with E-state index in [1.54, 1.807) is 0 Å². The Balaban J connectivity index is 5.24. The SMILES string of the molecule is CCCCCCCCCCCCCCCCCCCCCCCC(=O)O[C@H](COC(=O)CCCCCCCCCCCCCCCCC(C)CC)COP(=O)(O)OC[C@@H](O)COP(=O)(O)OC[C@@H](COC(=O)CCCCCCCCCCCCC)OC(=O)CCCCCCCCCCCCCCCCCCCC. The summed E-state index contributed by atoms with van der Waals surface area (Å²) >= 11 is 0. The molecule has 0 aromatic rings. The number of hydrogen-bond donors (Lipinski definition) is 3. The molecule has 19 heteroatoms. The first-order valence-corrected chi connectivity index (χ1v) is 49.2. The molecule has 0 saturated heterocycles. The van der Waals surface area contributed by atoms with E-state index in [-0.39, 0.29) is 25.7 Å². The van der Waals surface area contributed by atoms with Crippen molar-refractivity contribution in [2.45, 2.75) is 502 Å². The number of esters is 4. The number of carbonyl (C=O) groups is 4. The van der Waals surface area contributed by atoms with Crippen LogP contribution in [0.4, 0.5) is 0 Å². The second-order valence-corrected chi connectivity index (χ2v) is 35.1. The molecular weight excluding hydrogens is 1400 g/mol. The van der Waals surface area contributed by atoms with Crippen molar-refractivity contribution in [3.8, 4) is 0 Å². The molecule has 17 nitrogen and oxygen atoms in total. The van der Waals surface area contributed by atoms with E-state index in [2.05, 4.69) is 34.6 Å². The van der Waals surface area contributed by atoms with Gasteiger partial charge in [0, 0.05) is 25.7 Å². The lowest BCUT2D eigenvalue weighted by molar-refractivity contribution is -0.161. The van der Waals surface area contributed by atoms with E-state index in [0.717, 1.165) is 95.8 Å². The van der Waals surface area contributed by atoms with Crippen molar-refractivity contribution in [2.75, 3.05) is 39.6 Å². The Kier molecular flexibility index (Phi) is 80.2. The fraction of sp³-hybridized carbons (Fsp3) is 0.955. The molecule has 642 valence electrons. The predicted molar refractivity (Wildman–Crippen MR) is 446 cm³/mol. The second kappa shape index (κ2) is 81.6. The van der Waals surface area contributed by atoms with Crippen LogP contribution in [0.25, 0.3) is 0 Å². The van der Waals surface area contributed by atoms with E-state index < -0.39 is 97.5 Å². The molecular formula is C89H174O17P2. The van der Waals surface area contributed by atoms with Crippen LogP contribution in [0, 0.1) is 5.92 Å². The van der Waals surface area contributed by atoms with Crippen LogP contribution in [0.3, 0.4) is 0 Å². The zero-order valence-electron chi connectivity index (χ0n) is 71.0. The van der Waals surface area contributed by atoms with Crippen LogP contribution in [-0.2, 0) is 65.4 Å². The Morgan fingerprint density at radius 2 is 0.444 bits per heavy atom. The smallest absolute Gasteiger partial charge is 0.462 e. The van der Waals surface area contributed by atoms with Crippen molar-refractivity contribution in [3.63, 3.8) is 0 Å². The molecule has 0 aromatic carbocycles. The van der Waals surface area contributed by atoms with Gasteiger partial charge in [0.25, 0.3) is 0 Å². The van der Waals surface area contributed by atoms with Gasteiger partial charge < -0.3 is 33.8 Å². The van der Waals surface area contributed by atoms with E-state index in [0.29, 0.717) is 25.7 Å². The van der Waals surface area contributed by atoms with Crippen molar-refractivity contribution < 1.29 is 80.2 Å². The highest BCUT2D eigenvalue weighted by Crippen LogP contribution is 2.45. The quantitative estimate of drug-likeness (QED) is 0.0222. The lowest BCUT2D eigenvalue weighted by Crippen LogP contribution is -2.30. The lowest BCUT2D eigenvalue weighted by atomic mass is 9.99. The van der Waals surface area contributed by atoms with Crippen molar-refractivity contribution in [3.05, 3.63) is 0 Å². The Morgan fingerprint density at radius 3 is 0.657 bits per heavy atom. The highest BCUT2D eigenvalue weighted by molar-refractivity contribution is 7.47. The molecule has 0 aromatic heterocycles. The van der Waals surface area contributed by atoms with Gasteiger partial charge >= 0.3 is 39.5 Å². The van der Waals surface area contributed by atoms with Crippen LogP contribution < -0.4 is 0 Å². The van der Waals surface area contributed by atoms with E-state index in [1.165, 1.54) is 308 Å². The highest BCUT2D eigenvalue weighted by Gasteiger charge is 2.31. The summed E-state index contributed by atoms with van der Waals surface area (Å²) in [6.45, 7) is 7.44. The summed E-state index contributed by atoms with van der Waals surface area (Å²) in [5.41, 5.74) is 0. The van der Waals surface area contributed by atoms with Gasteiger partial charge in [-0.15, -0.1) is 0 Å². The fourth-order valence-corrected chi connectivity index (χ4v) is 15.5. The monoisotopic (exact) mass is 1580 g/mol. The van der Waals surface area contributed by atoms with E-state index in [1.807, 2.05) is 0 Å². The third-order valence-corrected chi connectivity index (χ3v) is 23.3. The molecule has 0 heterocycles. The van der Waals surface area contributed by atoms with Crippen molar-refractivity contribution in [2.24, 2.45) is 5.92 Å². The summed E-state index contributed by atoms with van der Waals surface area (Å²) < 4.78 is 69.0. The number of rotatable bonds is 89. The lowest BCUT2D eigenvalue weighted by Gasteiger charge is -2.21. The number of aliphatic hydroxyl groups excluding tert-OH is 1. The fourth-order valence-electron chi connectivity index (χ4n) is 14.0. The summed E-state index contributed by atoms with van der Waals surface area (Å²) in [6, 6.07) is 0. The number of phosphoric acid groups is 2. The molecule has 0 aliphatic carbocycles. The van der Waals surface area contributed by atoms with Gasteiger partial charge in [0.15, 0.2) is 12.2 Å². The number of ether oxygens (including phenoxy) is 4. The topological polar surface area (TPSA) is 237 Å². The standard InChI is InChI=1S/C89H174O17P2/c1-6-10-13-16-19-22-25-27-29-31-33-34-35-37-39-45-50-55-60-65-70-75-89(94)106-85(79-100-87(92)73-68-63-58-53-48-43-41-40-42-47-51-56-61-66-71-82(5)9-4)81-104-108(97,98)102-77-83(90)76-101-107(95,96)103-80-84(78-99-86(91)72-67-62-57-52-46-24-21-18-15-12-8-3)105-88(93)74-69-64-59-54-49-44-38-36-32-30-28-26-23-20-17-14-11-7-2/h82-85,90H,6-81H2,1-5H3,(H,95,96)(H,97,98)/t82?,83-,84+,85+/m0/s1. The predicted octanol–water partition coefficient (Wildman–Crippen LogP) is 27.5. The second-order valence-electron chi connectivity index (χ2n) is 32.2. The van der Waals surface area contributed by atoms with E-state index >= 15 is 0 Å². The third-order valence-electron chi connectivity index (χ3n) is 21.4. The van der Waals surface area contributed by atoms with Gasteiger partial charge in [0.05, 0.1) is 26.4 Å². The minimum Gasteiger partial charge on any atom is -0.462 e. The highest BCUT2D eigenvalue weighted by atomic mass is 31.2. The molecule has 0 amide bonds. The summed E-state index contributed by atoms with van der Waals surface area (Å²) in [6.07, 6.45) is 76.3. The van der Waals surface area contributed by atoms with Gasteiger partial charge in [-0.25, -0.2) is 9.13 Å². The first-order chi connectivity index (χ1) is 52.6. The molecule has 0 saturated carbocycles. The summed E-state index contributed by atoms with van der Waals surface area (Å²) in [5, 5.41) is 10.7. The van der Waals surface area contributed by atoms with Crippen molar-refractivity contribution >= 4 is 39.5 Å². The molecule has 6 atom stereocenters. The van der Waals surface area contributed by atoms with Crippen LogP contribution in [0.2, 0.25) is 0 Å². The Bertz CT molecular complexity index is 2050. The zero-order valence-corrected chi connectivity index (χ0v) is 72.8. The largest absolute Gasteiger partial charge is 0.472 e. The average Bonchev–Trinajstić information content (AvgIpc) is 0.900. The van der Waals surface area contributed by atoms with Crippen LogP contribution in [0.5, 0.6) is 0 Å². The molecule has 0 bridgehead atoms. The number of carbonyl (C=O) groups excluding carboxylic acids is 4. The molecule has 0 aliphatic heterocycles. The van der Waals surface area contributed by atoms with Crippen LogP contribution in [0.15, 0.2) is 0 Å². The van der Waals surface area contributed by atoms with Crippen molar-refractivity contribution in [1.29, 1.82) is 0 Å². The molecule has 0 aliphatic rings. The molecule has 3 unspecified atom stereocenters. The molecule has 0 fully saturated rings. The van der Waals surface area contributed by atoms with E-state index in [4.69, 9.17) is 37.0 Å². The van der Waals surface area contributed by atoms with Gasteiger partial charge in [-0.1, -0.05) is 433 Å². The van der Waals surface area contributed by atoms with Crippen molar-refractivity contribution in [1.82, 2.24) is 0 Å². The minimum atomic E-state index is -4.97. The Morgan fingerprint density at radius 1 is 0.259 bits per heavy atom. The first kappa shape index (κ1) is 106. The van der Waals surface area contributed by atoms with Gasteiger partial charge in [-0.2, -0.15) is 0 Å². The molecule has 108 heavy (non-hydrogen) atoms. The number of hydrogen-bond acceptors (Lipinski definition) is 15. The molecule has 3 N–H and O–H groups in total. The van der Waals surface area contributed by atoms with Crippen LogP contribution >= 0.6 is 15.6 Å². The normalized spacial score (nSPS) is 14.0. The van der Waals surface area contributed by atoms with Gasteiger partial charge in [-0.05, 0) is 31.6 Å². The minimum absolute atomic E-state index is 0.109. The summed E-state index contributed by atoms with van der Waals surface area (Å²) in [4.78, 5) is 73.3. The maximum atomic E-state index is 13.2. The van der Waals surface area contributed by atoms with Gasteiger partial charge in [-0.3, -0.25) is 37.3 Å². The Labute approximate surface area is 664 Å². The summed E-state index contributed by atoms with van der Waals surface area (Å²) in [5.74, 6) is -1.24. The van der Waals surface area contributed by atoms with E-state index in [9.17, 15) is 43.2 Å². The van der Waals surface area contributed by atoms with Gasteiger partial charge in [0.2, 0.25) is 0 Å². The molecule has 0 radical (unpaired) electrons. The Hall–Kier alpha value is -1.94. The first-order valence-electron chi connectivity index (χ1n) is 46.2. The maximum absolute atomic E-state index is 13.2. The number of aliphatic hydroxyl groups is 1. The zero-order chi connectivity index (χ0) is 79.0. The van der Waals surface area contributed by atoms with Crippen LogP contribution in [0.1, 0.15) is 484 Å². The third kappa shape index (κ3) is 80.7. The number of phosphoric ester groups is 2. The summed E-state index contributed by atoms with van der Waals surface area (Å²) in [7, 11) is -9.93. The number of unbranched alkanes of at least 4 members (excludes halogenated alkanes) is 60. The van der Waals surface area contributed by atoms with Crippen LogP contribution in [-0.4, -0.2) is 96.7 Å². The average molecular weight is 1580 g/mol.